The number of ether oxygens (including phenoxy) is 1. The molecule has 134 valence electrons. The zero-order chi connectivity index (χ0) is 18.9. The lowest BCUT2D eigenvalue weighted by Gasteiger charge is -2.22. The van der Waals surface area contributed by atoms with E-state index in [-0.39, 0.29) is 18.3 Å². The van der Waals surface area contributed by atoms with Crippen molar-refractivity contribution in [1.82, 2.24) is 4.90 Å². The Hall–Kier alpha value is -3.13. The van der Waals surface area contributed by atoms with Crippen molar-refractivity contribution in [3.8, 4) is 11.8 Å². The molecule has 0 aliphatic heterocycles. The summed E-state index contributed by atoms with van der Waals surface area (Å²) in [4.78, 5) is 25.5. The van der Waals surface area contributed by atoms with E-state index in [2.05, 4.69) is 6.07 Å². The van der Waals surface area contributed by atoms with E-state index in [9.17, 15) is 9.59 Å². The maximum Gasteiger partial charge on any atom is 0.260 e. The predicted octanol–water partition coefficient (Wildman–Crippen LogP) is 3.58. The molecule has 2 rings (SSSR count). The first kappa shape index (κ1) is 19.2. The van der Waals surface area contributed by atoms with Crippen molar-refractivity contribution in [2.75, 3.05) is 13.2 Å². The van der Waals surface area contributed by atoms with E-state index in [1.54, 1.807) is 41.3 Å². The lowest BCUT2D eigenvalue weighted by molar-refractivity contribution is -0.134. The fourth-order valence-corrected chi connectivity index (χ4v) is 2.49. The molecule has 0 atom stereocenters. The van der Waals surface area contributed by atoms with Crippen molar-refractivity contribution in [3.05, 3.63) is 65.2 Å². The van der Waals surface area contributed by atoms with Gasteiger partial charge in [0, 0.05) is 18.7 Å². The second-order valence-corrected chi connectivity index (χ2v) is 5.99. The molecule has 0 aliphatic carbocycles. The molecule has 0 unspecified atom stereocenters. The molecule has 0 saturated carbocycles. The second-order valence-electron chi connectivity index (χ2n) is 5.99. The van der Waals surface area contributed by atoms with Crippen LogP contribution >= 0.6 is 0 Å². The molecular formula is C21H22N2O3. The van der Waals surface area contributed by atoms with Crippen LogP contribution in [0, 0.1) is 11.3 Å². The van der Waals surface area contributed by atoms with Crippen molar-refractivity contribution < 1.29 is 14.3 Å². The van der Waals surface area contributed by atoms with E-state index in [1.807, 2.05) is 19.1 Å². The summed E-state index contributed by atoms with van der Waals surface area (Å²) in [6.07, 6.45) is 0.843. The number of amides is 1. The minimum absolute atomic E-state index is 0.0100. The highest BCUT2D eigenvalue weighted by Crippen LogP contribution is 2.13. The number of Topliss-reactive ketones (excluding diaryl/α,β-unsaturated/α-hetero) is 1. The molecule has 5 nitrogen and oxygen atoms in total. The zero-order valence-corrected chi connectivity index (χ0v) is 15.1. The number of rotatable bonds is 8. The number of carbonyl (C=O) groups excluding carboxylic acids is 2. The minimum Gasteiger partial charge on any atom is -0.484 e. The van der Waals surface area contributed by atoms with Crippen molar-refractivity contribution in [2.24, 2.45) is 0 Å². The van der Waals surface area contributed by atoms with Crippen LogP contribution in [0.2, 0.25) is 0 Å². The summed E-state index contributed by atoms with van der Waals surface area (Å²) in [6, 6.07) is 16.0. The molecule has 0 heterocycles. The van der Waals surface area contributed by atoms with Crippen molar-refractivity contribution in [1.29, 1.82) is 5.26 Å². The molecule has 2 aromatic rings. The number of benzene rings is 2. The first-order valence-electron chi connectivity index (χ1n) is 8.54. The third-order valence-corrected chi connectivity index (χ3v) is 3.93. The van der Waals surface area contributed by atoms with Gasteiger partial charge >= 0.3 is 0 Å². The van der Waals surface area contributed by atoms with E-state index in [1.165, 1.54) is 6.92 Å². The van der Waals surface area contributed by atoms with Gasteiger partial charge in [-0.3, -0.25) is 9.59 Å². The Bertz CT molecular complexity index is 790. The Morgan fingerprint density at radius 1 is 1.08 bits per heavy atom. The average Bonchev–Trinajstić information content (AvgIpc) is 2.66. The molecule has 0 radical (unpaired) electrons. The number of hydrogen-bond donors (Lipinski definition) is 0. The second kappa shape index (κ2) is 9.38. The first-order valence-corrected chi connectivity index (χ1v) is 8.54. The van der Waals surface area contributed by atoms with Crippen molar-refractivity contribution in [2.45, 2.75) is 26.8 Å². The van der Waals surface area contributed by atoms with Crippen LogP contribution in [-0.4, -0.2) is 29.7 Å². The Morgan fingerprint density at radius 3 is 2.27 bits per heavy atom. The largest absolute Gasteiger partial charge is 0.484 e. The maximum atomic E-state index is 12.5. The lowest BCUT2D eigenvalue weighted by Crippen LogP contribution is -2.35. The molecule has 0 aliphatic rings. The van der Waals surface area contributed by atoms with Gasteiger partial charge < -0.3 is 9.64 Å². The van der Waals surface area contributed by atoms with Gasteiger partial charge in [-0.25, -0.2) is 0 Å². The molecule has 26 heavy (non-hydrogen) atoms. The normalized spacial score (nSPS) is 10.0. The van der Waals surface area contributed by atoms with Crippen LogP contribution in [0.3, 0.4) is 0 Å². The Kier molecular flexibility index (Phi) is 6.92. The molecular weight excluding hydrogens is 328 g/mol. The molecule has 0 N–H and O–H groups in total. The van der Waals surface area contributed by atoms with E-state index in [4.69, 9.17) is 10.00 Å². The van der Waals surface area contributed by atoms with Gasteiger partial charge in [0.05, 0.1) is 11.6 Å². The van der Waals surface area contributed by atoms with Crippen LogP contribution in [0.5, 0.6) is 5.75 Å². The summed E-state index contributed by atoms with van der Waals surface area (Å²) < 4.78 is 5.56. The van der Waals surface area contributed by atoms with Crippen LogP contribution in [0.1, 0.15) is 41.8 Å². The Morgan fingerprint density at radius 2 is 1.73 bits per heavy atom. The fraction of sp³-hybridized carbons (Fsp3) is 0.286. The molecule has 5 heteroatoms. The van der Waals surface area contributed by atoms with E-state index < -0.39 is 0 Å². The highest BCUT2D eigenvalue weighted by molar-refractivity contribution is 5.94. The summed E-state index contributed by atoms with van der Waals surface area (Å²) in [7, 11) is 0. The summed E-state index contributed by atoms with van der Waals surface area (Å²) in [5.74, 6) is 0.439. The molecule has 0 spiro atoms. The molecule has 0 aromatic heterocycles. The third kappa shape index (κ3) is 5.45. The van der Waals surface area contributed by atoms with Crippen LogP contribution < -0.4 is 4.74 Å². The van der Waals surface area contributed by atoms with E-state index >= 15 is 0 Å². The first-order chi connectivity index (χ1) is 12.5. The van der Waals surface area contributed by atoms with Crippen molar-refractivity contribution in [3.63, 3.8) is 0 Å². The van der Waals surface area contributed by atoms with Gasteiger partial charge in [-0.05, 0) is 55.3 Å². The monoisotopic (exact) mass is 350 g/mol. The number of nitriles is 1. The SMILES string of the molecule is CCCN(Cc1ccc(C#N)cc1)C(=O)COc1ccc(C(C)=O)cc1. The van der Waals surface area contributed by atoms with Gasteiger partial charge in [-0.1, -0.05) is 19.1 Å². The average molecular weight is 350 g/mol. The summed E-state index contributed by atoms with van der Waals surface area (Å²) in [5.41, 5.74) is 2.17. The van der Waals surface area contributed by atoms with Crippen molar-refractivity contribution >= 4 is 11.7 Å². The Labute approximate surface area is 153 Å². The molecule has 0 bridgehead atoms. The van der Waals surface area contributed by atoms with Gasteiger partial charge in [0.2, 0.25) is 0 Å². The van der Waals surface area contributed by atoms with Crippen LogP contribution in [0.4, 0.5) is 0 Å². The lowest BCUT2D eigenvalue weighted by atomic mass is 10.1. The molecule has 2 aromatic carbocycles. The maximum absolute atomic E-state index is 12.5. The van der Waals surface area contributed by atoms with Gasteiger partial charge in [0.15, 0.2) is 12.4 Å². The standard InChI is InChI=1S/C21H22N2O3/c1-3-12-23(14-18-6-4-17(13-22)5-7-18)21(25)15-26-20-10-8-19(9-11-20)16(2)24/h4-11H,3,12,14-15H2,1-2H3. The van der Waals surface area contributed by atoms with Crippen LogP contribution in [-0.2, 0) is 11.3 Å². The molecule has 0 saturated heterocycles. The van der Waals surface area contributed by atoms with Crippen LogP contribution in [0.25, 0.3) is 0 Å². The smallest absolute Gasteiger partial charge is 0.260 e. The van der Waals surface area contributed by atoms with Gasteiger partial charge in [-0.2, -0.15) is 5.26 Å². The molecule has 1 amide bonds. The topological polar surface area (TPSA) is 70.4 Å². The van der Waals surface area contributed by atoms with Gasteiger partial charge in [0.1, 0.15) is 5.75 Å². The summed E-state index contributed by atoms with van der Waals surface area (Å²) in [6.45, 7) is 4.57. The fourth-order valence-electron chi connectivity index (χ4n) is 2.49. The summed E-state index contributed by atoms with van der Waals surface area (Å²) >= 11 is 0. The third-order valence-electron chi connectivity index (χ3n) is 3.93. The number of hydrogen-bond acceptors (Lipinski definition) is 4. The predicted molar refractivity (Wildman–Crippen MR) is 98.8 cm³/mol. The number of ketones is 1. The summed E-state index contributed by atoms with van der Waals surface area (Å²) in [5, 5.41) is 8.86. The van der Waals surface area contributed by atoms with E-state index in [0.717, 1.165) is 12.0 Å². The van der Waals surface area contributed by atoms with E-state index in [0.29, 0.717) is 30.0 Å². The number of carbonyl (C=O) groups is 2. The minimum atomic E-state index is -0.105. The molecule has 0 fully saturated rings. The number of nitrogens with zero attached hydrogens (tertiary/aromatic N) is 2. The zero-order valence-electron chi connectivity index (χ0n) is 15.1. The van der Waals surface area contributed by atoms with Gasteiger partial charge in [-0.15, -0.1) is 0 Å². The Balaban J connectivity index is 1.96. The highest BCUT2D eigenvalue weighted by atomic mass is 16.5. The van der Waals surface area contributed by atoms with Gasteiger partial charge in [0.25, 0.3) is 5.91 Å². The highest BCUT2D eigenvalue weighted by Gasteiger charge is 2.14. The van der Waals surface area contributed by atoms with Crippen LogP contribution in [0.15, 0.2) is 48.5 Å². The quantitative estimate of drug-likeness (QED) is 0.682.